The lowest BCUT2D eigenvalue weighted by molar-refractivity contribution is 0.0952. The van der Waals surface area contributed by atoms with Crippen LogP contribution in [0.15, 0.2) is 41.1 Å². The SMILES string of the molecule is N#Cc1cccc(C(=O)NCC[C@H](CCO)c2ccsc2)c1. The number of hydrogen-bond acceptors (Lipinski definition) is 4. The minimum absolute atomic E-state index is 0.138. The first kappa shape index (κ1) is 16.2. The number of nitrogens with zero attached hydrogens (tertiary/aromatic N) is 1. The van der Waals surface area contributed by atoms with Gasteiger partial charge in [0, 0.05) is 18.7 Å². The molecule has 0 radical (unpaired) electrons. The van der Waals surface area contributed by atoms with Crippen LogP contribution in [0, 0.1) is 11.3 Å². The molecule has 0 aliphatic rings. The van der Waals surface area contributed by atoms with Gasteiger partial charge < -0.3 is 10.4 Å². The molecule has 0 bridgehead atoms. The molecule has 2 rings (SSSR count). The van der Waals surface area contributed by atoms with Crippen LogP contribution in [0.25, 0.3) is 0 Å². The van der Waals surface area contributed by atoms with Crippen LogP contribution in [0.4, 0.5) is 0 Å². The Balaban J connectivity index is 1.89. The summed E-state index contributed by atoms with van der Waals surface area (Å²) < 4.78 is 0. The first-order chi connectivity index (χ1) is 10.7. The average Bonchev–Trinajstić information content (AvgIpc) is 3.08. The second-order valence-corrected chi connectivity index (χ2v) is 5.78. The number of nitriles is 1. The van der Waals surface area contributed by atoms with E-state index in [1.54, 1.807) is 35.6 Å². The molecule has 5 heteroatoms. The van der Waals surface area contributed by atoms with Crippen molar-refractivity contribution in [2.45, 2.75) is 18.8 Å². The summed E-state index contributed by atoms with van der Waals surface area (Å²) in [6.45, 7) is 0.675. The number of thiophene rings is 1. The Labute approximate surface area is 134 Å². The molecule has 1 aromatic carbocycles. The number of amides is 1. The third-order valence-electron chi connectivity index (χ3n) is 3.52. The first-order valence-corrected chi connectivity index (χ1v) is 8.10. The molecule has 0 unspecified atom stereocenters. The van der Waals surface area contributed by atoms with Gasteiger partial charge in [0.05, 0.1) is 11.6 Å². The molecule has 22 heavy (non-hydrogen) atoms. The summed E-state index contributed by atoms with van der Waals surface area (Å²) in [5.41, 5.74) is 2.18. The van der Waals surface area contributed by atoms with Crippen LogP contribution in [0.3, 0.4) is 0 Å². The summed E-state index contributed by atoms with van der Waals surface area (Å²) >= 11 is 1.63. The Morgan fingerprint density at radius 3 is 2.91 bits per heavy atom. The predicted octanol–water partition coefficient (Wildman–Crippen LogP) is 2.91. The molecular formula is C17H18N2O2S. The average molecular weight is 314 g/mol. The van der Waals surface area contributed by atoms with E-state index in [1.807, 2.05) is 11.4 Å². The zero-order chi connectivity index (χ0) is 15.8. The third-order valence-corrected chi connectivity index (χ3v) is 4.23. The van der Waals surface area contributed by atoms with Crippen LogP contribution in [0.1, 0.15) is 40.2 Å². The standard InChI is InChI=1S/C17H18N2O2S/c18-11-13-2-1-3-15(10-13)17(21)19-7-4-14(5-8-20)16-6-9-22-12-16/h1-3,6,9-10,12,14,20H,4-5,7-8H2,(H,19,21)/t14-/m1/s1. The number of carbonyl (C=O) groups is 1. The van der Waals surface area contributed by atoms with E-state index in [1.165, 1.54) is 5.56 Å². The summed E-state index contributed by atoms with van der Waals surface area (Å²) in [4.78, 5) is 12.1. The summed E-state index contributed by atoms with van der Waals surface area (Å²) in [5.74, 6) is 0.0761. The van der Waals surface area contributed by atoms with Crippen molar-refractivity contribution in [1.29, 1.82) is 5.26 Å². The van der Waals surface area contributed by atoms with Gasteiger partial charge in [-0.3, -0.25) is 4.79 Å². The van der Waals surface area contributed by atoms with Crippen LogP contribution in [-0.2, 0) is 0 Å². The molecule has 0 saturated heterocycles. The van der Waals surface area contributed by atoms with Crippen molar-refractivity contribution >= 4 is 17.2 Å². The minimum Gasteiger partial charge on any atom is -0.396 e. The summed E-state index contributed by atoms with van der Waals surface area (Å²) in [6.07, 6.45) is 1.47. The second kappa shape index (κ2) is 8.32. The largest absolute Gasteiger partial charge is 0.396 e. The molecule has 1 amide bonds. The molecule has 114 valence electrons. The number of rotatable bonds is 7. The predicted molar refractivity (Wildman–Crippen MR) is 86.9 cm³/mol. The molecule has 0 saturated carbocycles. The quantitative estimate of drug-likeness (QED) is 0.825. The molecule has 0 aliphatic carbocycles. The van der Waals surface area contributed by atoms with Crippen molar-refractivity contribution in [2.75, 3.05) is 13.2 Å². The molecule has 0 aliphatic heterocycles. The lowest BCUT2D eigenvalue weighted by Gasteiger charge is -2.15. The van der Waals surface area contributed by atoms with Gasteiger partial charge in [0.25, 0.3) is 5.91 Å². The van der Waals surface area contributed by atoms with Crippen molar-refractivity contribution in [2.24, 2.45) is 0 Å². The van der Waals surface area contributed by atoms with Crippen LogP contribution in [-0.4, -0.2) is 24.2 Å². The number of hydrogen-bond donors (Lipinski definition) is 2. The Morgan fingerprint density at radius 1 is 1.36 bits per heavy atom. The first-order valence-electron chi connectivity index (χ1n) is 7.16. The van der Waals surface area contributed by atoms with E-state index < -0.39 is 0 Å². The van der Waals surface area contributed by atoms with Crippen LogP contribution < -0.4 is 5.32 Å². The fraction of sp³-hybridized carbons (Fsp3) is 0.294. The van der Waals surface area contributed by atoms with Crippen molar-refractivity contribution < 1.29 is 9.90 Å². The van der Waals surface area contributed by atoms with Gasteiger partial charge in [-0.1, -0.05) is 6.07 Å². The van der Waals surface area contributed by atoms with Crippen LogP contribution >= 0.6 is 11.3 Å². The fourth-order valence-corrected chi connectivity index (χ4v) is 3.08. The molecule has 1 aromatic heterocycles. The van der Waals surface area contributed by atoms with E-state index in [4.69, 9.17) is 10.4 Å². The van der Waals surface area contributed by atoms with E-state index in [0.717, 1.165) is 6.42 Å². The van der Waals surface area contributed by atoms with Crippen molar-refractivity contribution in [3.8, 4) is 6.07 Å². The maximum absolute atomic E-state index is 12.1. The van der Waals surface area contributed by atoms with Gasteiger partial charge in [-0.25, -0.2) is 0 Å². The summed E-state index contributed by atoms with van der Waals surface area (Å²) in [6, 6.07) is 10.7. The molecule has 4 nitrogen and oxygen atoms in total. The molecule has 0 spiro atoms. The van der Waals surface area contributed by atoms with Gasteiger partial charge in [0.1, 0.15) is 0 Å². The molecule has 1 heterocycles. The summed E-state index contributed by atoms with van der Waals surface area (Å²) in [5, 5.41) is 25.0. The molecule has 2 aromatic rings. The van der Waals surface area contributed by atoms with Gasteiger partial charge in [-0.15, -0.1) is 0 Å². The molecule has 2 N–H and O–H groups in total. The maximum Gasteiger partial charge on any atom is 0.251 e. The van der Waals surface area contributed by atoms with Crippen molar-refractivity contribution in [1.82, 2.24) is 5.32 Å². The summed E-state index contributed by atoms with van der Waals surface area (Å²) in [7, 11) is 0. The van der Waals surface area contributed by atoms with Crippen LogP contribution in [0.2, 0.25) is 0 Å². The molecular weight excluding hydrogens is 296 g/mol. The van der Waals surface area contributed by atoms with E-state index in [0.29, 0.717) is 24.1 Å². The maximum atomic E-state index is 12.1. The van der Waals surface area contributed by atoms with E-state index in [-0.39, 0.29) is 18.4 Å². The topological polar surface area (TPSA) is 73.1 Å². The lowest BCUT2D eigenvalue weighted by atomic mass is 9.95. The number of aliphatic hydroxyl groups excluding tert-OH is 1. The number of nitrogens with one attached hydrogen (secondary N) is 1. The highest BCUT2D eigenvalue weighted by atomic mass is 32.1. The highest BCUT2D eigenvalue weighted by molar-refractivity contribution is 7.07. The highest BCUT2D eigenvalue weighted by Crippen LogP contribution is 2.24. The zero-order valence-electron chi connectivity index (χ0n) is 12.2. The highest BCUT2D eigenvalue weighted by Gasteiger charge is 2.12. The van der Waals surface area contributed by atoms with Crippen molar-refractivity contribution in [3.63, 3.8) is 0 Å². The van der Waals surface area contributed by atoms with Gasteiger partial charge in [-0.05, 0) is 59.3 Å². The lowest BCUT2D eigenvalue weighted by Crippen LogP contribution is -2.25. The van der Waals surface area contributed by atoms with E-state index in [9.17, 15) is 4.79 Å². The van der Waals surface area contributed by atoms with Crippen LogP contribution in [0.5, 0.6) is 0 Å². The van der Waals surface area contributed by atoms with E-state index in [2.05, 4.69) is 16.8 Å². The molecule has 0 fully saturated rings. The van der Waals surface area contributed by atoms with Gasteiger partial charge in [0.2, 0.25) is 0 Å². The number of benzene rings is 1. The normalized spacial score (nSPS) is 11.6. The smallest absolute Gasteiger partial charge is 0.251 e. The number of aliphatic hydroxyl groups is 1. The minimum atomic E-state index is -0.176. The third kappa shape index (κ3) is 4.42. The fourth-order valence-electron chi connectivity index (χ4n) is 2.33. The van der Waals surface area contributed by atoms with Gasteiger partial charge in [0.15, 0.2) is 0 Å². The Kier molecular flexibility index (Phi) is 6.13. The second-order valence-electron chi connectivity index (χ2n) is 5.00. The number of carbonyl (C=O) groups excluding carboxylic acids is 1. The zero-order valence-corrected chi connectivity index (χ0v) is 13.0. The Bertz CT molecular complexity index is 647. The Hall–Kier alpha value is -2.16. The molecule has 1 atom stereocenters. The van der Waals surface area contributed by atoms with Crippen molar-refractivity contribution in [3.05, 3.63) is 57.8 Å². The monoisotopic (exact) mass is 314 g/mol. The van der Waals surface area contributed by atoms with Gasteiger partial charge >= 0.3 is 0 Å². The van der Waals surface area contributed by atoms with E-state index >= 15 is 0 Å². The van der Waals surface area contributed by atoms with Gasteiger partial charge in [-0.2, -0.15) is 16.6 Å². The Morgan fingerprint density at radius 2 is 2.23 bits per heavy atom.